The summed E-state index contributed by atoms with van der Waals surface area (Å²) < 4.78 is 5.04. The molecule has 0 unspecified atom stereocenters. The molecule has 2 heterocycles. The monoisotopic (exact) mass is 744 g/mol. The minimum absolute atomic E-state index is 1.10. The summed E-state index contributed by atoms with van der Waals surface area (Å²) in [5, 5.41) is 5.02. The molecular formula is C54H36N2S. The van der Waals surface area contributed by atoms with Crippen molar-refractivity contribution in [3.63, 3.8) is 0 Å². The Morgan fingerprint density at radius 3 is 1.70 bits per heavy atom. The highest BCUT2D eigenvalue weighted by atomic mass is 32.1. The van der Waals surface area contributed by atoms with Crippen LogP contribution >= 0.6 is 11.3 Å². The molecule has 0 N–H and O–H groups in total. The maximum absolute atomic E-state index is 2.45. The smallest absolute Gasteiger partial charge is 0.0561 e. The fraction of sp³-hybridized carbons (Fsp3) is 0. The lowest BCUT2D eigenvalue weighted by Gasteiger charge is -2.28. The second kappa shape index (κ2) is 13.8. The van der Waals surface area contributed by atoms with Gasteiger partial charge in [0.1, 0.15) is 0 Å². The Labute approximate surface area is 335 Å². The minimum Gasteiger partial charge on any atom is -0.310 e. The molecule has 0 aliphatic carbocycles. The van der Waals surface area contributed by atoms with Crippen molar-refractivity contribution in [2.75, 3.05) is 4.90 Å². The molecule has 2 nitrogen and oxygen atoms in total. The summed E-state index contributed by atoms with van der Waals surface area (Å²) in [5.41, 5.74) is 14.0. The molecule has 0 atom stereocenters. The molecule has 3 heteroatoms. The zero-order valence-corrected chi connectivity index (χ0v) is 31.9. The van der Waals surface area contributed by atoms with Crippen molar-refractivity contribution in [1.29, 1.82) is 0 Å². The number of para-hydroxylation sites is 2. The van der Waals surface area contributed by atoms with Gasteiger partial charge >= 0.3 is 0 Å². The third kappa shape index (κ3) is 5.71. The standard InChI is InChI=1S/C54H36N2S/c1-3-16-37(17-4-1)43-22-7-8-23-44(43)39-20-15-21-40(34-39)56-51-28-13-10-25-46(51)47-32-30-42(36-52(47)56)55(50-27-12-9-24-45(50)38-18-5-2-6-19-38)41-31-33-54-49(35-41)48-26-11-14-29-53(48)57-54/h1-36H. The van der Waals surface area contributed by atoms with Crippen molar-refractivity contribution >= 4 is 70.4 Å². The van der Waals surface area contributed by atoms with Gasteiger partial charge in [0, 0.05) is 53.6 Å². The quantitative estimate of drug-likeness (QED) is 0.158. The number of nitrogens with zero attached hydrogens (tertiary/aromatic N) is 2. The predicted octanol–water partition coefficient (Wildman–Crippen LogP) is 15.6. The van der Waals surface area contributed by atoms with Crippen LogP contribution in [-0.2, 0) is 0 Å². The Bertz CT molecular complexity index is 3250. The largest absolute Gasteiger partial charge is 0.310 e. The van der Waals surface area contributed by atoms with Gasteiger partial charge in [0.15, 0.2) is 0 Å². The SMILES string of the molecule is c1ccc(-c2ccccc2-c2cccc(-n3c4ccccc4c4ccc(N(c5ccc6sc7ccccc7c6c5)c5ccccc5-c5ccccc5)cc43)c2)cc1. The van der Waals surface area contributed by atoms with E-state index in [1.165, 1.54) is 69.8 Å². The van der Waals surface area contributed by atoms with E-state index in [1.807, 2.05) is 11.3 Å². The van der Waals surface area contributed by atoms with E-state index < -0.39 is 0 Å². The van der Waals surface area contributed by atoms with Crippen LogP contribution in [-0.4, -0.2) is 4.57 Å². The number of aromatic nitrogens is 1. The fourth-order valence-electron chi connectivity index (χ4n) is 8.60. The lowest BCUT2D eigenvalue weighted by Crippen LogP contribution is -2.11. The average Bonchev–Trinajstić information content (AvgIpc) is 3.82. The summed E-state index contributed by atoms with van der Waals surface area (Å²) in [6.07, 6.45) is 0. The van der Waals surface area contributed by atoms with Crippen LogP contribution in [0.15, 0.2) is 218 Å². The van der Waals surface area contributed by atoms with Gasteiger partial charge < -0.3 is 9.47 Å². The first kappa shape index (κ1) is 33.2. The topological polar surface area (TPSA) is 8.17 Å². The van der Waals surface area contributed by atoms with E-state index in [0.29, 0.717) is 0 Å². The molecule has 0 amide bonds. The number of thiophene rings is 1. The lowest BCUT2D eigenvalue weighted by atomic mass is 9.94. The van der Waals surface area contributed by atoms with Gasteiger partial charge in [-0.1, -0.05) is 158 Å². The van der Waals surface area contributed by atoms with E-state index in [1.54, 1.807) is 0 Å². The van der Waals surface area contributed by atoms with Crippen LogP contribution in [0.25, 0.3) is 81.0 Å². The Hall–Kier alpha value is -7.20. The molecule has 0 spiro atoms. The second-order valence-corrected chi connectivity index (χ2v) is 15.6. The molecule has 2 aromatic heterocycles. The van der Waals surface area contributed by atoms with Crippen molar-refractivity contribution < 1.29 is 0 Å². The number of fused-ring (bicyclic) bond motifs is 6. The molecule has 0 aliphatic heterocycles. The number of rotatable bonds is 7. The minimum atomic E-state index is 1.10. The van der Waals surface area contributed by atoms with Crippen LogP contribution in [0.4, 0.5) is 17.1 Å². The van der Waals surface area contributed by atoms with E-state index in [0.717, 1.165) is 28.3 Å². The molecule has 0 radical (unpaired) electrons. The van der Waals surface area contributed by atoms with Crippen LogP contribution in [0.3, 0.4) is 0 Å². The van der Waals surface area contributed by atoms with Crippen LogP contribution in [0.1, 0.15) is 0 Å². The third-order valence-electron chi connectivity index (χ3n) is 11.2. The first-order valence-corrected chi connectivity index (χ1v) is 20.2. The molecule has 57 heavy (non-hydrogen) atoms. The van der Waals surface area contributed by atoms with Crippen LogP contribution in [0.2, 0.25) is 0 Å². The average molecular weight is 745 g/mol. The van der Waals surface area contributed by atoms with Crippen LogP contribution in [0, 0.1) is 0 Å². The van der Waals surface area contributed by atoms with Gasteiger partial charge in [-0.25, -0.2) is 0 Å². The molecule has 0 saturated heterocycles. The molecule has 11 aromatic rings. The van der Waals surface area contributed by atoms with Gasteiger partial charge in [-0.15, -0.1) is 11.3 Å². The maximum Gasteiger partial charge on any atom is 0.0561 e. The van der Waals surface area contributed by atoms with E-state index in [4.69, 9.17) is 0 Å². The summed E-state index contributed by atoms with van der Waals surface area (Å²) in [7, 11) is 0. The molecule has 268 valence electrons. The van der Waals surface area contributed by atoms with Crippen LogP contribution < -0.4 is 4.90 Å². The summed E-state index contributed by atoms with van der Waals surface area (Å²) in [4.78, 5) is 2.45. The van der Waals surface area contributed by atoms with Crippen LogP contribution in [0.5, 0.6) is 0 Å². The van der Waals surface area contributed by atoms with Gasteiger partial charge in [-0.3, -0.25) is 0 Å². The highest BCUT2D eigenvalue weighted by molar-refractivity contribution is 7.25. The maximum atomic E-state index is 2.45. The van der Waals surface area contributed by atoms with Crippen molar-refractivity contribution in [3.8, 4) is 39.1 Å². The van der Waals surface area contributed by atoms with Gasteiger partial charge in [-0.2, -0.15) is 0 Å². The molecule has 0 aliphatic rings. The Kier molecular flexibility index (Phi) is 8.04. The predicted molar refractivity (Wildman–Crippen MR) is 245 cm³/mol. The zero-order chi connectivity index (χ0) is 37.7. The Morgan fingerprint density at radius 1 is 0.333 bits per heavy atom. The zero-order valence-electron chi connectivity index (χ0n) is 31.1. The highest BCUT2D eigenvalue weighted by Crippen LogP contribution is 2.45. The molecule has 9 aromatic carbocycles. The van der Waals surface area contributed by atoms with Gasteiger partial charge in [0.25, 0.3) is 0 Å². The van der Waals surface area contributed by atoms with E-state index in [9.17, 15) is 0 Å². The van der Waals surface area contributed by atoms with Gasteiger partial charge in [0.2, 0.25) is 0 Å². The fourth-order valence-corrected chi connectivity index (χ4v) is 9.69. The van der Waals surface area contributed by atoms with Crippen molar-refractivity contribution in [1.82, 2.24) is 4.57 Å². The molecule has 0 saturated carbocycles. The first-order valence-electron chi connectivity index (χ1n) is 19.4. The van der Waals surface area contributed by atoms with Crippen molar-refractivity contribution in [2.45, 2.75) is 0 Å². The number of benzene rings is 9. The van der Waals surface area contributed by atoms with Crippen molar-refractivity contribution in [2.24, 2.45) is 0 Å². The Morgan fingerprint density at radius 2 is 0.895 bits per heavy atom. The normalized spacial score (nSPS) is 11.5. The second-order valence-electron chi connectivity index (χ2n) is 14.5. The van der Waals surface area contributed by atoms with Gasteiger partial charge in [0.05, 0.1) is 16.7 Å². The van der Waals surface area contributed by atoms with Crippen molar-refractivity contribution in [3.05, 3.63) is 218 Å². The first-order chi connectivity index (χ1) is 28.3. The molecule has 11 rings (SSSR count). The third-order valence-corrected chi connectivity index (χ3v) is 12.3. The van der Waals surface area contributed by atoms with E-state index >= 15 is 0 Å². The van der Waals surface area contributed by atoms with Gasteiger partial charge in [-0.05, 0) is 88.5 Å². The number of hydrogen-bond donors (Lipinski definition) is 0. The van der Waals surface area contributed by atoms with E-state index in [2.05, 4.69) is 228 Å². The molecular weight excluding hydrogens is 709 g/mol. The summed E-state index contributed by atoms with van der Waals surface area (Å²) in [6, 6.07) is 79.5. The Balaban J connectivity index is 1.14. The summed E-state index contributed by atoms with van der Waals surface area (Å²) in [5.74, 6) is 0. The summed E-state index contributed by atoms with van der Waals surface area (Å²) in [6.45, 7) is 0. The highest BCUT2D eigenvalue weighted by Gasteiger charge is 2.21. The number of hydrogen-bond acceptors (Lipinski definition) is 2. The van der Waals surface area contributed by atoms with E-state index in [-0.39, 0.29) is 0 Å². The summed E-state index contributed by atoms with van der Waals surface area (Å²) >= 11 is 1.85. The lowest BCUT2D eigenvalue weighted by molar-refractivity contribution is 1.18. The molecule has 0 fully saturated rings. The number of anilines is 3. The molecule has 0 bridgehead atoms.